The number of hydrogen-bond donors (Lipinski definition) is 1. The molecule has 3 heteroatoms. The minimum absolute atomic E-state index is 0.773. The van der Waals surface area contributed by atoms with Gasteiger partial charge in [-0.05, 0) is 42.3 Å². The molecule has 0 amide bonds. The quantitative estimate of drug-likeness (QED) is 0.892. The smallest absolute Gasteiger partial charge is 0.0594 e. The molecule has 0 atom stereocenters. The van der Waals surface area contributed by atoms with Crippen molar-refractivity contribution in [3.05, 3.63) is 53.9 Å². The molecule has 3 rings (SSSR count). The van der Waals surface area contributed by atoms with Gasteiger partial charge in [-0.2, -0.15) is 0 Å². The van der Waals surface area contributed by atoms with Gasteiger partial charge in [-0.25, -0.2) is 0 Å². The van der Waals surface area contributed by atoms with Crippen LogP contribution in [0.4, 0.5) is 11.4 Å². The van der Waals surface area contributed by atoms with Crippen LogP contribution in [0.3, 0.4) is 0 Å². The molecule has 0 bridgehead atoms. The van der Waals surface area contributed by atoms with Crippen LogP contribution in [-0.2, 0) is 13.0 Å². The first-order valence-corrected chi connectivity index (χ1v) is 6.31. The Bertz CT molecular complexity index is 537. The van der Waals surface area contributed by atoms with E-state index in [2.05, 4.69) is 40.4 Å². The molecule has 1 aliphatic rings. The van der Waals surface area contributed by atoms with E-state index in [0.29, 0.717) is 0 Å². The van der Waals surface area contributed by atoms with Crippen LogP contribution in [0.15, 0.2) is 42.6 Å². The second-order valence-electron chi connectivity index (χ2n) is 4.69. The lowest BCUT2D eigenvalue weighted by Gasteiger charge is -2.12. The summed E-state index contributed by atoms with van der Waals surface area (Å²) in [6, 6.07) is 12.6. The standard InChI is InChI=1S/C15H17N3/c1-18-9-7-12-10-13(5-6-15(12)18)17-11-14-4-2-3-8-16-14/h2-6,8,10,17H,7,9,11H2,1H3. The zero-order valence-electron chi connectivity index (χ0n) is 10.6. The largest absolute Gasteiger partial charge is 0.379 e. The number of rotatable bonds is 3. The molecule has 0 unspecified atom stereocenters. The van der Waals surface area contributed by atoms with E-state index in [1.807, 2.05) is 24.4 Å². The van der Waals surface area contributed by atoms with E-state index in [9.17, 15) is 0 Å². The summed E-state index contributed by atoms with van der Waals surface area (Å²) in [6.45, 7) is 1.90. The van der Waals surface area contributed by atoms with E-state index in [0.717, 1.165) is 25.2 Å². The maximum atomic E-state index is 4.31. The molecule has 2 heterocycles. The lowest BCUT2D eigenvalue weighted by atomic mass is 10.1. The Morgan fingerprint density at radius 3 is 3.06 bits per heavy atom. The van der Waals surface area contributed by atoms with Crippen molar-refractivity contribution < 1.29 is 0 Å². The summed E-state index contributed by atoms with van der Waals surface area (Å²) in [6.07, 6.45) is 2.97. The Labute approximate surface area is 107 Å². The predicted octanol–water partition coefficient (Wildman–Crippen LogP) is 2.69. The predicted molar refractivity (Wildman–Crippen MR) is 75.0 cm³/mol. The summed E-state index contributed by atoms with van der Waals surface area (Å²) in [7, 11) is 2.15. The first kappa shape index (κ1) is 11.1. The van der Waals surface area contributed by atoms with Crippen molar-refractivity contribution in [1.82, 2.24) is 4.98 Å². The van der Waals surface area contributed by atoms with Crippen molar-refractivity contribution in [2.24, 2.45) is 0 Å². The highest BCUT2D eigenvalue weighted by Crippen LogP contribution is 2.29. The fourth-order valence-corrected chi connectivity index (χ4v) is 2.37. The maximum absolute atomic E-state index is 4.31. The minimum Gasteiger partial charge on any atom is -0.379 e. The Hall–Kier alpha value is -2.03. The molecule has 1 aliphatic heterocycles. The van der Waals surface area contributed by atoms with Crippen molar-refractivity contribution >= 4 is 11.4 Å². The zero-order valence-corrected chi connectivity index (χ0v) is 10.6. The number of hydrogen-bond acceptors (Lipinski definition) is 3. The highest BCUT2D eigenvalue weighted by Gasteiger charge is 2.15. The molecule has 92 valence electrons. The molecular formula is C15H17N3. The number of benzene rings is 1. The van der Waals surface area contributed by atoms with Gasteiger partial charge in [0.25, 0.3) is 0 Å². The van der Waals surface area contributed by atoms with Crippen LogP contribution in [0, 0.1) is 0 Å². The van der Waals surface area contributed by atoms with Crippen molar-refractivity contribution in [2.45, 2.75) is 13.0 Å². The molecule has 0 radical (unpaired) electrons. The molecule has 0 saturated heterocycles. The minimum atomic E-state index is 0.773. The van der Waals surface area contributed by atoms with Gasteiger partial charge in [0.2, 0.25) is 0 Å². The highest BCUT2D eigenvalue weighted by atomic mass is 15.1. The van der Waals surface area contributed by atoms with Crippen LogP contribution in [0.1, 0.15) is 11.3 Å². The van der Waals surface area contributed by atoms with Crippen LogP contribution in [0.25, 0.3) is 0 Å². The molecule has 0 fully saturated rings. The Morgan fingerprint density at radius 1 is 1.28 bits per heavy atom. The normalized spacial score (nSPS) is 13.5. The Balaban J connectivity index is 1.71. The zero-order chi connectivity index (χ0) is 12.4. The molecule has 0 spiro atoms. The Morgan fingerprint density at radius 2 is 2.22 bits per heavy atom. The second-order valence-corrected chi connectivity index (χ2v) is 4.69. The van der Waals surface area contributed by atoms with Crippen molar-refractivity contribution in [1.29, 1.82) is 0 Å². The van der Waals surface area contributed by atoms with Gasteiger partial charge in [0.05, 0.1) is 12.2 Å². The van der Waals surface area contributed by atoms with Crippen molar-refractivity contribution in [3.63, 3.8) is 0 Å². The van der Waals surface area contributed by atoms with E-state index in [-0.39, 0.29) is 0 Å². The average molecular weight is 239 g/mol. The summed E-state index contributed by atoms with van der Waals surface area (Å²) >= 11 is 0. The topological polar surface area (TPSA) is 28.2 Å². The third-order valence-electron chi connectivity index (χ3n) is 3.41. The summed E-state index contributed by atoms with van der Waals surface area (Å²) in [5, 5.41) is 3.42. The second kappa shape index (κ2) is 4.69. The molecule has 1 N–H and O–H groups in total. The highest BCUT2D eigenvalue weighted by molar-refractivity contribution is 5.63. The van der Waals surface area contributed by atoms with Gasteiger partial charge in [-0.3, -0.25) is 4.98 Å². The van der Waals surface area contributed by atoms with E-state index < -0.39 is 0 Å². The van der Waals surface area contributed by atoms with Gasteiger partial charge in [0.15, 0.2) is 0 Å². The van der Waals surface area contributed by atoms with Crippen molar-refractivity contribution in [2.75, 3.05) is 23.8 Å². The van der Waals surface area contributed by atoms with Gasteiger partial charge in [-0.15, -0.1) is 0 Å². The molecule has 0 aliphatic carbocycles. The van der Waals surface area contributed by atoms with Gasteiger partial charge in [0, 0.05) is 31.2 Å². The summed E-state index contributed by atoms with van der Waals surface area (Å²) < 4.78 is 0. The van der Waals surface area contributed by atoms with Gasteiger partial charge < -0.3 is 10.2 Å². The average Bonchev–Trinajstić information content (AvgIpc) is 2.79. The monoisotopic (exact) mass is 239 g/mol. The molecular weight excluding hydrogens is 222 g/mol. The van der Waals surface area contributed by atoms with Gasteiger partial charge >= 0.3 is 0 Å². The van der Waals surface area contributed by atoms with Crippen LogP contribution >= 0.6 is 0 Å². The molecule has 1 aromatic heterocycles. The van der Waals surface area contributed by atoms with E-state index in [1.165, 1.54) is 16.9 Å². The summed E-state index contributed by atoms with van der Waals surface area (Å²) in [5.74, 6) is 0. The number of anilines is 2. The van der Waals surface area contributed by atoms with Gasteiger partial charge in [0.1, 0.15) is 0 Å². The third kappa shape index (κ3) is 2.16. The maximum Gasteiger partial charge on any atom is 0.0594 e. The SMILES string of the molecule is CN1CCc2cc(NCc3ccccn3)ccc21. The molecule has 0 saturated carbocycles. The number of nitrogens with one attached hydrogen (secondary N) is 1. The number of likely N-dealkylation sites (N-methyl/N-ethyl adjacent to an activating group) is 1. The van der Waals surface area contributed by atoms with Crippen LogP contribution in [0.2, 0.25) is 0 Å². The first-order chi connectivity index (χ1) is 8.83. The number of nitrogens with zero attached hydrogens (tertiary/aromatic N) is 2. The fourth-order valence-electron chi connectivity index (χ4n) is 2.37. The lowest BCUT2D eigenvalue weighted by Crippen LogP contribution is -2.12. The van der Waals surface area contributed by atoms with Crippen LogP contribution in [0.5, 0.6) is 0 Å². The van der Waals surface area contributed by atoms with E-state index >= 15 is 0 Å². The lowest BCUT2D eigenvalue weighted by molar-refractivity contribution is 0.956. The molecule has 1 aromatic carbocycles. The number of aromatic nitrogens is 1. The first-order valence-electron chi connectivity index (χ1n) is 6.31. The van der Waals surface area contributed by atoms with Gasteiger partial charge in [-0.1, -0.05) is 6.07 Å². The summed E-state index contributed by atoms with van der Waals surface area (Å²) in [5.41, 5.74) is 5.03. The molecule has 2 aromatic rings. The molecule has 18 heavy (non-hydrogen) atoms. The van der Waals surface area contributed by atoms with Crippen molar-refractivity contribution in [3.8, 4) is 0 Å². The number of fused-ring (bicyclic) bond motifs is 1. The van der Waals surface area contributed by atoms with E-state index in [1.54, 1.807) is 0 Å². The van der Waals surface area contributed by atoms with Crippen LogP contribution in [-0.4, -0.2) is 18.6 Å². The van der Waals surface area contributed by atoms with E-state index in [4.69, 9.17) is 0 Å². The number of pyridine rings is 1. The Kier molecular flexibility index (Phi) is 2.89. The fraction of sp³-hybridized carbons (Fsp3) is 0.267. The van der Waals surface area contributed by atoms with Crippen LogP contribution < -0.4 is 10.2 Å². The summed E-state index contributed by atoms with van der Waals surface area (Å²) in [4.78, 5) is 6.61. The molecule has 3 nitrogen and oxygen atoms in total. The third-order valence-corrected chi connectivity index (χ3v) is 3.41.